The summed E-state index contributed by atoms with van der Waals surface area (Å²) in [6.07, 6.45) is 0. The Kier molecular flexibility index (Phi) is 5.64. The van der Waals surface area contributed by atoms with Crippen molar-refractivity contribution in [2.75, 3.05) is 43.9 Å². The van der Waals surface area contributed by atoms with Crippen molar-refractivity contribution >= 4 is 38.8 Å². The number of anilines is 2. The fraction of sp³-hybridized carbons (Fsp3) is 0.231. The van der Waals surface area contributed by atoms with Crippen LogP contribution >= 0.6 is 11.3 Å². The van der Waals surface area contributed by atoms with E-state index in [1.54, 1.807) is 7.11 Å². The zero-order valence-electron chi connectivity index (χ0n) is 18.7. The van der Waals surface area contributed by atoms with Crippen LogP contribution in [-0.2, 0) is 0 Å². The van der Waals surface area contributed by atoms with Gasteiger partial charge < -0.3 is 20.3 Å². The summed E-state index contributed by atoms with van der Waals surface area (Å²) >= 11 is 1.38. The van der Waals surface area contributed by atoms with Crippen LogP contribution in [-0.4, -0.2) is 49.1 Å². The molecule has 168 valence electrons. The third-order valence-corrected chi connectivity index (χ3v) is 7.24. The zero-order valence-corrected chi connectivity index (χ0v) is 19.6. The molecule has 5 rings (SSSR count). The van der Waals surface area contributed by atoms with E-state index in [1.807, 2.05) is 29.2 Å². The summed E-state index contributed by atoms with van der Waals surface area (Å²) in [6, 6.07) is 20.2. The van der Waals surface area contributed by atoms with E-state index in [4.69, 9.17) is 15.5 Å². The lowest BCUT2D eigenvalue weighted by molar-refractivity contribution is 0.0752. The molecule has 2 aromatic carbocycles. The topological polar surface area (TPSA) is 71.7 Å². The molecule has 2 aromatic heterocycles. The first-order chi connectivity index (χ1) is 16.0. The van der Waals surface area contributed by atoms with Crippen molar-refractivity contribution in [2.24, 2.45) is 0 Å². The van der Waals surface area contributed by atoms with E-state index in [1.165, 1.54) is 16.9 Å². The van der Waals surface area contributed by atoms with Crippen molar-refractivity contribution < 1.29 is 9.53 Å². The minimum absolute atomic E-state index is 0.0123. The molecular weight excluding hydrogens is 432 g/mol. The SMILES string of the molecule is COc1ccc(N2CCN(C(=O)c3sc4nc(-c5ccc(C)cc5)ccc4c3N)CC2)cc1. The Morgan fingerprint density at radius 1 is 0.970 bits per heavy atom. The maximum Gasteiger partial charge on any atom is 0.266 e. The number of nitrogen functional groups attached to an aromatic ring is 1. The molecule has 2 N–H and O–H groups in total. The maximum absolute atomic E-state index is 13.3. The summed E-state index contributed by atoms with van der Waals surface area (Å²) in [6.45, 7) is 4.92. The molecule has 6 nitrogen and oxygen atoms in total. The van der Waals surface area contributed by atoms with Crippen LogP contribution in [0.15, 0.2) is 60.7 Å². The highest BCUT2D eigenvalue weighted by Gasteiger charge is 2.26. The molecule has 1 amide bonds. The largest absolute Gasteiger partial charge is 0.497 e. The predicted octanol–water partition coefficient (Wildman–Crippen LogP) is 4.82. The number of nitrogens with two attached hydrogens (primary N) is 1. The number of hydrogen-bond donors (Lipinski definition) is 1. The van der Waals surface area contributed by atoms with Crippen LogP contribution in [0.4, 0.5) is 11.4 Å². The first-order valence-corrected chi connectivity index (χ1v) is 11.8. The summed E-state index contributed by atoms with van der Waals surface area (Å²) < 4.78 is 5.24. The van der Waals surface area contributed by atoms with Crippen molar-refractivity contribution in [3.8, 4) is 17.0 Å². The number of amides is 1. The number of aromatic nitrogens is 1. The fourth-order valence-corrected chi connectivity index (χ4v) is 5.21. The van der Waals surface area contributed by atoms with Crippen LogP contribution in [0.3, 0.4) is 0 Å². The lowest BCUT2D eigenvalue weighted by Crippen LogP contribution is -2.48. The van der Waals surface area contributed by atoms with Crippen LogP contribution in [0.5, 0.6) is 5.75 Å². The van der Waals surface area contributed by atoms with Gasteiger partial charge in [0.1, 0.15) is 15.5 Å². The van der Waals surface area contributed by atoms with Crippen LogP contribution in [0.2, 0.25) is 0 Å². The van der Waals surface area contributed by atoms with Crippen molar-refractivity contribution in [2.45, 2.75) is 6.92 Å². The van der Waals surface area contributed by atoms with Gasteiger partial charge >= 0.3 is 0 Å². The van der Waals surface area contributed by atoms with Gasteiger partial charge in [0, 0.05) is 42.8 Å². The molecular formula is C26H26N4O2S. The van der Waals surface area contributed by atoms with Gasteiger partial charge in [-0.3, -0.25) is 4.79 Å². The van der Waals surface area contributed by atoms with Gasteiger partial charge in [0.2, 0.25) is 0 Å². The van der Waals surface area contributed by atoms with Crippen molar-refractivity contribution in [1.29, 1.82) is 0 Å². The quantitative estimate of drug-likeness (QED) is 0.475. The Balaban J connectivity index is 1.33. The number of hydrogen-bond acceptors (Lipinski definition) is 6. The number of nitrogens with zero attached hydrogens (tertiary/aromatic N) is 3. The molecule has 1 saturated heterocycles. The molecule has 4 aromatic rings. The molecule has 0 atom stereocenters. The number of benzene rings is 2. The summed E-state index contributed by atoms with van der Waals surface area (Å²) in [7, 11) is 1.66. The van der Waals surface area contributed by atoms with E-state index in [9.17, 15) is 4.79 Å². The summed E-state index contributed by atoms with van der Waals surface area (Å²) in [4.78, 5) is 23.7. The molecule has 1 aliphatic heterocycles. The van der Waals surface area contributed by atoms with Gasteiger partial charge in [-0.25, -0.2) is 4.98 Å². The number of rotatable bonds is 4. The van der Waals surface area contributed by atoms with E-state index >= 15 is 0 Å². The molecule has 33 heavy (non-hydrogen) atoms. The molecule has 0 aliphatic carbocycles. The lowest BCUT2D eigenvalue weighted by Gasteiger charge is -2.36. The summed E-state index contributed by atoms with van der Waals surface area (Å²) in [5.41, 5.74) is 11.2. The molecule has 0 spiro atoms. The minimum Gasteiger partial charge on any atom is -0.497 e. The van der Waals surface area contributed by atoms with Gasteiger partial charge in [0.25, 0.3) is 5.91 Å². The van der Waals surface area contributed by atoms with Crippen LogP contribution in [0, 0.1) is 6.92 Å². The van der Waals surface area contributed by atoms with Gasteiger partial charge in [-0.15, -0.1) is 11.3 Å². The smallest absolute Gasteiger partial charge is 0.266 e. The Hall–Kier alpha value is -3.58. The van der Waals surface area contributed by atoms with Crippen molar-refractivity contribution in [1.82, 2.24) is 9.88 Å². The highest BCUT2D eigenvalue weighted by molar-refractivity contribution is 7.21. The Bertz CT molecular complexity index is 1290. The van der Waals surface area contributed by atoms with Crippen molar-refractivity contribution in [3.05, 3.63) is 71.1 Å². The Morgan fingerprint density at radius 3 is 2.33 bits per heavy atom. The number of piperazine rings is 1. The zero-order chi connectivity index (χ0) is 22.9. The normalized spacial score (nSPS) is 14.0. The third kappa shape index (κ3) is 4.12. The molecule has 7 heteroatoms. The highest BCUT2D eigenvalue weighted by atomic mass is 32.1. The molecule has 0 saturated carbocycles. The first-order valence-electron chi connectivity index (χ1n) is 11.0. The van der Waals surface area contributed by atoms with E-state index < -0.39 is 0 Å². The number of thiophene rings is 1. The standard InChI is InChI=1S/C26H26N4O2S/c1-17-3-5-18(6-4-17)22-12-11-21-23(27)24(33-25(21)28-22)26(31)30-15-13-29(14-16-30)19-7-9-20(32-2)10-8-19/h3-12H,13-16,27H2,1-2H3. The van der Waals surface area contributed by atoms with Crippen LogP contribution in [0.1, 0.15) is 15.2 Å². The molecule has 1 fully saturated rings. The number of carbonyl (C=O) groups is 1. The summed E-state index contributed by atoms with van der Waals surface area (Å²) in [5, 5.41) is 0.844. The molecule has 0 radical (unpaired) electrons. The second kappa shape index (κ2) is 8.75. The minimum atomic E-state index is -0.0123. The monoisotopic (exact) mass is 458 g/mol. The summed E-state index contributed by atoms with van der Waals surface area (Å²) in [5.74, 6) is 0.828. The number of ether oxygens (including phenoxy) is 1. The molecule has 3 heterocycles. The van der Waals surface area contributed by atoms with Crippen LogP contribution in [0.25, 0.3) is 21.5 Å². The van der Waals surface area contributed by atoms with Gasteiger partial charge in [-0.2, -0.15) is 0 Å². The molecule has 0 unspecified atom stereocenters. The van der Waals surface area contributed by atoms with Gasteiger partial charge in [0.05, 0.1) is 18.5 Å². The number of aryl methyl sites for hydroxylation is 1. The first kappa shape index (κ1) is 21.3. The highest BCUT2D eigenvalue weighted by Crippen LogP contribution is 2.35. The lowest BCUT2D eigenvalue weighted by atomic mass is 10.1. The predicted molar refractivity (Wildman–Crippen MR) is 135 cm³/mol. The van der Waals surface area contributed by atoms with E-state index in [0.29, 0.717) is 23.7 Å². The fourth-order valence-electron chi connectivity index (χ4n) is 4.15. The maximum atomic E-state index is 13.3. The average Bonchev–Trinajstić information content (AvgIpc) is 3.20. The van der Waals surface area contributed by atoms with E-state index in [2.05, 4.69) is 48.2 Å². The number of carbonyl (C=O) groups excluding carboxylic acids is 1. The molecule has 1 aliphatic rings. The molecule has 0 bridgehead atoms. The Morgan fingerprint density at radius 2 is 1.67 bits per heavy atom. The number of methoxy groups -OCH3 is 1. The van der Waals surface area contributed by atoms with Gasteiger partial charge in [-0.1, -0.05) is 29.8 Å². The van der Waals surface area contributed by atoms with Gasteiger partial charge in [-0.05, 0) is 43.3 Å². The van der Waals surface area contributed by atoms with Crippen LogP contribution < -0.4 is 15.4 Å². The van der Waals surface area contributed by atoms with Crippen molar-refractivity contribution in [3.63, 3.8) is 0 Å². The second-order valence-corrected chi connectivity index (χ2v) is 9.24. The second-order valence-electron chi connectivity index (χ2n) is 8.24. The number of pyridine rings is 1. The number of fused-ring (bicyclic) bond motifs is 1. The average molecular weight is 459 g/mol. The van der Waals surface area contributed by atoms with Gasteiger partial charge in [0.15, 0.2) is 0 Å². The van der Waals surface area contributed by atoms with E-state index in [0.717, 1.165) is 46.0 Å². The third-order valence-electron chi connectivity index (χ3n) is 6.14. The Labute approximate surface area is 197 Å². The van der Waals surface area contributed by atoms with E-state index in [-0.39, 0.29) is 5.91 Å².